The van der Waals surface area contributed by atoms with Crippen LogP contribution in [0.25, 0.3) is 5.76 Å². The highest BCUT2D eigenvalue weighted by Crippen LogP contribution is 2.39. The number of nitrogens with zero attached hydrogens (tertiary/aromatic N) is 1. The fourth-order valence-corrected chi connectivity index (χ4v) is 3.33. The normalized spacial score (nSPS) is 18.9. The third kappa shape index (κ3) is 3.74. The summed E-state index contributed by atoms with van der Waals surface area (Å²) in [6.07, 6.45) is 0. The van der Waals surface area contributed by atoms with E-state index in [1.165, 1.54) is 24.1 Å². The minimum Gasteiger partial charge on any atom is -0.508 e. The Bertz CT molecular complexity index is 890. The number of phenols is 1. The molecule has 3 rings (SSSR count). The molecule has 1 saturated heterocycles. The molecule has 1 aliphatic rings. The number of aromatic hydroxyl groups is 1. The van der Waals surface area contributed by atoms with Gasteiger partial charge in [-0.3, -0.25) is 9.59 Å². The number of methoxy groups -OCH3 is 1. The Morgan fingerprint density at radius 2 is 1.74 bits per heavy atom. The van der Waals surface area contributed by atoms with E-state index >= 15 is 0 Å². The van der Waals surface area contributed by atoms with Crippen LogP contribution in [-0.4, -0.2) is 47.1 Å². The second-order valence-corrected chi connectivity index (χ2v) is 7.00. The van der Waals surface area contributed by atoms with Crippen molar-refractivity contribution in [2.75, 3.05) is 20.3 Å². The van der Waals surface area contributed by atoms with Crippen molar-refractivity contribution in [1.82, 2.24) is 4.90 Å². The van der Waals surface area contributed by atoms with Gasteiger partial charge in [-0.25, -0.2) is 0 Å². The minimum atomic E-state index is -0.760. The lowest BCUT2D eigenvalue weighted by atomic mass is 9.95. The van der Waals surface area contributed by atoms with Gasteiger partial charge in [0.25, 0.3) is 11.7 Å². The molecule has 0 aliphatic carbocycles. The summed E-state index contributed by atoms with van der Waals surface area (Å²) < 4.78 is 5.88. The number of halogens is 1. The summed E-state index contributed by atoms with van der Waals surface area (Å²) in [6, 6.07) is 12.3. The number of hydrogen-bond donors (Lipinski definition) is 2. The van der Waals surface area contributed by atoms with Crippen molar-refractivity contribution in [2.24, 2.45) is 0 Å². The molecule has 2 aromatic rings. The van der Waals surface area contributed by atoms with Crippen LogP contribution in [0.2, 0.25) is 0 Å². The van der Waals surface area contributed by atoms with Crippen molar-refractivity contribution in [1.29, 1.82) is 0 Å². The summed E-state index contributed by atoms with van der Waals surface area (Å²) in [5.41, 5.74) is 1.07. The standard InChI is InChI=1S/C20H18BrNO5/c1-27-11-10-22-17(12-4-8-15(23)9-5-12)16(19(25)20(22)26)18(24)13-2-6-14(21)7-3-13/h2-9,17,23-24H,10-11H2,1H3/b18-16-. The molecule has 6 nitrogen and oxygen atoms in total. The topological polar surface area (TPSA) is 87.1 Å². The number of rotatable bonds is 5. The van der Waals surface area contributed by atoms with Gasteiger partial charge in [-0.05, 0) is 29.8 Å². The van der Waals surface area contributed by atoms with Crippen molar-refractivity contribution < 1.29 is 24.5 Å². The van der Waals surface area contributed by atoms with Crippen LogP contribution >= 0.6 is 15.9 Å². The SMILES string of the molecule is COCCN1C(=O)C(=O)/C(=C(\O)c2ccc(Br)cc2)C1c1ccc(O)cc1. The third-order valence-electron chi connectivity index (χ3n) is 4.40. The van der Waals surface area contributed by atoms with E-state index in [0.717, 1.165) is 4.47 Å². The molecule has 1 aliphatic heterocycles. The van der Waals surface area contributed by atoms with E-state index in [1.54, 1.807) is 36.4 Å². The molecular weight excluding hydrogens is 414 g/mol. The highest BCUT2D eigenvalue weighted by molar-refractivity contribution is 9.10. The lowest BCUT2D eigenvalue weighted by Crippen LogP contribution is -2.32. The van der Waals surface area contributed by atoms with Crippen LogP contribution < -0.4 is 0 Å². The van der Waals surface area contributed by atoms with Gasteiger partial charge < -0.3 is 19.8 Å². The van der Waals surface area contributed by atoms with Crippen molar-refractivity contribution in [3.63, 3.8) is 0 Å². The second-order valence-electron chi connectivity index (χ2n) is 6.08. The van der Waals surface area contributed by atoms with Gasteiger partial charge >= 0.3 is 0 Å². The number of aliphatic hydroxyl groups excluding tert-OH is 1. The molecule has 0 spiro atoms. The fourth-order valence-electron chi connectivity index (χ4n) is 3.07. The van der Waals surface area contributed by atoms with Gasteiger partial charge in [-0.15, -0.1) is 0 Å². The van der Waals surface area contributed by atoms with Crippen LogP contribution in [0.1, 0.15) is 17.2 Å². The van der Waals surface area contributed by atoms with E-state index < -0.39 is 17.7 Å². The van der Waals surface area contributed by atoms with Crippen LogP contribution in [0.15, 0.2) is 58.6 Å². The van der Waals surface area contributed by atoms with Crippen LogP contribution in [0.5, 0.6) is 5.75 Å². The van der Waals surface area contributed by atoms with Crippen LogP contribution in [0.3, 0.4) is 0 Å². The van der Waals surface area contributed by atoms with Gasteiger partial charge in [0.1, 0.15) is 11.5 Å². The summed E-state index contributed by atoms with van der Waals surface area (Å²) in [7, 11) is 1.51. The smallest absolute Gasteiger partial charge is 0.295 e. The average Bonchev–Trinajstić information content (AvgIpc) is 2.91. The Balaban J connectivity index is 2.14. The van der Waals surface area contributed by atoms with E-state index in [-0.39, 0.29) is 30.2 Å². The predicted octanol–water partition coefficient (Wildman–Crippen LogP) is 3.22. The van der Waals surface area contributed by atoms with E-state index in [4.69, 9.17) is 4.74 Å². The summed E-state index contributed by atoms with van der Waals surface area (Å²) in [6.45, 7) is 0.448. The molecule has 2 N–H and O–H groups in total. The molecule has 1 unspecified atom stereocenters. The first-order valence-electron chi connectivity index (χ1n) is 8.26. The van der Waals surface area contributed by atoms with Crippen molar-refractivity contribution in [3.05, 3.63) is 69.7 Å². The number of likely N-dealkylation sites (tertiary alicyclic amines) is 1. The predicted molar refractivity (Wildman–Crippen MR) is 103 cm³/mol. The molecule has 7 heteroatoms. The zero-order valence-corrected chi connectivity index (χ0v) is 16.1. The van der Waals surface area contributed by atoms with Gasteiger partial charge in [0.05, 0.1) is 18.2 Å². The van der Waals surface area contributed by atoms with Crippen molar-refractivity contribution >= 4 is 33.4 Å². The molecule has 0 saturated carbocycles. The number of benzene rings is 2. The van der Waals surface area contributed by atoms with Crippen LogP contribution in [-0.2, 0) is 14.3 Å². The molecule has 140 valence electrons. The molecule has 1 amide bonds. The molecule has 2 aromatic carbocycles. The highest BCUT2D eigenvalue weighted by atomic mass is 79.9. The minimum absolute atomic E-state index is 0.0177. The molecule has 0 aromatic heterocycles. The average molecular weight is 432 g/mol. The Kier molecular flexibility index (Phi) is 5.62. The Morgan fingerprint density at radius 3 is 2.33 bits per heavy atom. The summed E-state index contributed by atoms with van der Waals surface area (Å²) in [5.74, 6) is -1.60. The molecule has 1 atom stereocenters. The Hall–Kier alpha value is -2.64. The summed E-state index contributed by atoms with van der Waals surface area (Å²) >= 11 is 3.33. The number of amides is 1. The van der Waals surface area contributed by atoms with Gasteiger partial charge in [-0.2, -0.15) is 0 Å². The fraction of sp³-hybridized carbons (Fsp3) is 0.200. The lowest BCUT2D eigenvalue weighted by molar-refractivity contribution is -0.140. The Labute approximate surface area is 164 Å². The monoisotopic (exact) mass is 431 g/mol. The first kappa shape index (κ1) is 19.1. The first-order chi connectivity index (χ1) is 12.9. The van der Waals surface area contributed by atoms with Crippen LogP contribution in [0, 0.1) is 0 Å². The second kappa shape index (κ2) is 7.94. The number of Topliss-reactive ketones (excluding diaryl/α,β-unsaturated/α-hetero) is 1. The quantitative estimate of drug-likeness (QED) is 0.431. The summed E-state index contributed by atoms with van der Waals surface area (Å²) in [4.78, 5) is 26.7. The highest BCUT2D eigenvalue weighted by Gasteiger charge is 2.45. The largest absolute Gasteiger partial charge is 0.508 e. The number of carbonyl (C=O) groups excluding carboxylic acids is 2. The summed E-state index contributed by atoms with van der Waals surface area (Å²) in [5, 5.41) is 20.4. The van der Waals surface area contributed by atoms with Crippen molar-refractivity contribution in [3.8, 4) is 5.75 Å². The Morgan fingerprint density at radius 1 is 1.11 bits per heavy atom. The van der Waals surface area contributed by atoms with E-state index in [0.29, 0.717) is 11.1 Å². The molecule has 1 heterocycles. The van der Waals surface area contributed by atoms with Gasteiger partial charge in [0.2, 0.25) is 0 Å². The van der Waals surface area contributed by atoms with Gasteiger partial charge in [0.15, 0.2) is 0 Å². The molecular formula is C20H18BrNO5. The van der Waals surface area contributed by atoms with Crippen molar-refractivity contribution in [2.45, 2.75) is 6.04 Å². The third-order valence-corrected chi connectivity index (χ3v) is 4.93. The molecule has 1 fully saturated rings. The number of ketones is 1. The zero-order chi connectivity index (χ0) is 19.6. The van der Waals surface area contributed by atoms with Gasteiger partial charge in [-0.1, -0.05) is 40.2 Å². The molecule has 0 bridgehead atoms. The van der Waals surface area contributed by atoms with Gasteiger partial charge in [0, 0.05) is 23.7 Å². The van der Waals surface area contributed by atoms with E-state index in [9.17, 15) is 19.8 Å². The maximum Gasteiger partial charge on any atom is 0.295 e. The number of ether oxygens (including phenoxy) is 1. The number of hydrogen-bond acceptors (Lipinski definition) is 5. The first-order valence-corrected chi connectivity index (χ1v) is 9.05. The van der Waals surface area contributed by atoms with E-state index in [1.807, 2.05) is 0 Å². The molecule has 0 radical (unpaired) electrons. The van der Waals surface area contributed by atoms with E-state index in [2.05, 4.69) is 15.9 Å². The lowest BCUT2D eigenvalue weighted by Gasteiger charge is -2.25. The zero-order valence-electron chi connectivity index (χ0n) is 14.6. The van der Waals surface area contributed by atoms with Crippen LogP contribution in [0.4, 0.5) is 0 Å². The number of aliphatic hydroxyl groups is 1. The number of phenolic OH excluding ortho intramolecular Hbond substituents is 1. The molecule has 27 heavy (non-hydrogen) atoms. The maximum absolute atomic E-state index is 12.7. The number of carbonyl (C=O) groups is 2. The maximum atomic E-state index is 12.7.